The van der Waals surface area contributed by atoms with Crippen LogP contribution in [0, 0.1) is 0 Å². The fraction of sp³-hybridized carbons (Fsp3) is 0.647. The number of nitrogens with zero attached hydrogens (tertiary/aromatic N) is 1. The predicted molar refractivity (Wildman–Crippen MR) is 86.0 cm³/mol. The van der Waals surface area contributed by atoms with Crippen molar-refractivity contribution in [3.05, 3.63) is 33.8 Å². The molecule has 1 aliphatic carbocycles. The molecule has 0 saturated carbocycles. The van der Waals surface area contributed by atoms with Gasteiger partial charge in [0.2, 0.25) is 0 Å². The van der Waals surface area contributed by atoms with Gasteiger partial charge in [-0.1, -0.05) is 28.1 Å². The average Bonchev–Trinajstić information content (AvgIpc) is 3.18. The lowest BCUT2D eigenvalue weighted by molar-refractivity contribution is 0.152. The van der Waals surface area contributed by atoms with Crippen LogP contribution in [-0.4, -0.2) is 30.1 Å². The number of fused-ring (bicyclic) bond motifs is 1. The number of hydrogen-bond acceptors (Lipinski definition) is 2. The minimum absolute atomic E-state index is 0.664. The molecule has 2 saturated heterocycles. The molecule has 108 valence electrons. The standard InChI is InChI=1S/C17H23BrN2/c18-14-5-1-4-13-12(14)8-9-16(13)20-11-3-7-17(20)15-6-2-10-19-15/h1,4-5,15-17,19H,2-3,6-11H2. The molecule has 2 nitrogen and oxygen atoms in total. The number of halogens is 1. The summed E-state index contributed by atoms with van der Waals surface area (Å²) in [6.45, 7) is 2.52. The van der Waals surface area contributed by atoms with E-state index < -0.39 is 0 Å². The van der Waals surface area contributed by atoms with Crippen LogP contribution < -0.4 is 5.32 Å². The Morgan fingerprint density at radius 2 is 2.10 bits per heavy atom. The zero-order chi connectivity index (χ0) is 13.5. The molecule has 0 aromatic heterocycles. The largest absolute Gasteiger partial charge is 0.312 e. The molecule has 4 rings (SSSR count). The molecule has 3 atom stereocenters. The molecule has 2 heterocycles. The van der Waals surface area contributed by atoms with E-state index in [0.29, 0.717) is 6.04 Å². The monoisotopic (exact) mass is 334 g/mol. The lowest BCUT2D eigenvalue weighted by atomic mass is 10.0. The highest BCUT2D eigenvalue weighted by atomic mass is 79.9. The molecule has 1 aromatic rings. The molecule has 3 aliphatic rings. The zero-order valence-electron chi connectivity index (χ0n) is 11.9. The Morgan fingerprint density at radius 3 is 2.95 bits per heavy atom. The van der Waals surface area contributed by atoms with Crippen LogP contribution in [0.2, 0.25) is 0 Å². The second-order valence-electron chi connectivity index (χ2n) is 6.51. The van der Waals surface area contributed by atoms with Crippen molar-refractivity contribution < 1.29 is 0 Å². The van der Waals surface area contributed by atoms with E-state index in [4.69, 9.17) is 0 Å². The Kier molecular flexibility index (Phi) is 3.61. The Labute approximate surface area is 130 Å². The summed E-state index contributed by atoms with van der Waals surface area (Å²) in [6, 6.07) is 8.94. The molecular formula is C17H23BrN2. The molecule has 1 N–H and O–H groups in total. The van der Waals surface area contributed by atoms with Crippen molar-refractivity contribution in [3.63, 3.8) is 0 Å². The molecule has 2 fully saturated rings. The predicted octanol–water partition coefficient (Wildman–Crippen LogP) is 3.65. The van der Waals surface area contributed by atoms with Gasteiger partial charge in [-0.15, -0.1) is 0 Å². The molecular weight excluding hydrogens is 312 g/mol. The number of rotatable bonds is 2. The average molecular weight is 335 g/mol. The number of benzene rings is 1. The topological polar surface area (TPSA) is 15.3 Å². The van der Waals surface area contributed by atoms with Gasteiger partial charge in [-0.3, -0.25) is 4.90 Å². The van der Waals surface area contributed by atoms with Gasteiger partial charge in [0.15, 0.2) is 0 Å². The van der Waals surface area contributed by atoms with Gasteiger partial charge in [-0.25, -0.2) is 0 Å². The van der Waals surface area contributed by atoms with Crippen molar-refractivity contribution in [1.82, 2.24) is 10.2 Å². The van der Waals surface area contributed by atoms with Crippen LogP contribution >= 0.6 is 15.9 Å². The van der Waals surface area contributed by atoms with E-state index >= 15 is 0 Å². The van der Waals surface area contributed by atoms with Crippen LogP contribution in [0.15, 0.2) is 22.7 Å². The highest BCUT2D eigenvalue weighted by molar-refractivity contribution is 9.10. The molecule has 3 heteroatoms. The number of hydrogen-bond donors (Lipinski definition) is 1. The second kappa shape index (κ2) is 5.43. The van der Waals surface area contributed by atoms with Gasteiger partial charge >= 0.3 is 0 Å². The summed E-state index contributed by atoms with van der Waals surface area (Å²) >= 11 is 3.73. The van der Waals surface area contributed by atoms with E-state index in [0.717, 1.165) is 12.1 Å². The van der Waals surface area contributed by atoms with Crippen LogP contribution in [0.4, 0.5) is 0 Å². The Balaban J connectivity index is 1.60. The van der Waals surface area contributed by atoms with E-state index in [1.807, 2.05) is 0 Å². The minimum atomic E-state index is 0.664. The zero-order valence-corrected chi connectivity index (χ0v) is 13.5. The highest BCUT2D eigenvalue weighted by Crippen LogP contribution is 2.43. The molecule has 0 amide bonds. The van der Waals surface area contributed by atoms with E-state index in [9.17, 15) is 0 Å². The Morgan fingerprint density at radius 1 is 1.15 bits per heavy atom. The van der Waals surface area contributed by atoms with Gasteiger partial charge in [0.1, 0.15) is 0 Å². The lowest BCUT2D eigenvalue weighted by Gasteiger charge is -2.34. The van der Waals surface area contributed by atoms with E-state index in [1.54, 1.807) is 11.1 Å². The first-order valence-corrected chi connectivity index (χ1v) is 8.90. The molecule has 0 radical (unpaired) electrons. The fourth-order valence-corrected chi connectivity index (χ4v) is 5.19. The van der Waals surface area contributed by atoms with Gasteiger partial charge in [-0.2, -0.15) is 0 Å². The van der Waals surface area contributed by atoms with Crippen molar-refractivity contribution in [3.8, 4) is 0 Å². The third-order valence-corrected chi connectivity index (χ3v) is 6.23. The Bertz CT molecular complexity index is 496. The molecule has 20 heavy (non-hydrogen) atoms. The molecule has 0 spiro atoms. The summed E-state index contributed by atoms with van der Waals surface area (Å²) in [7, 11) is 0. The Hall–Kier alpha value is -0.380. The summed E-state index contributed by atoms with van der Waals surface area (Å²) < 4.78 is 1.31. The molecule has 3 unspecified atom stereocenters. The first kappa shape index (κ1) is 13.3. The van der Waals surface area contributed by atoms with Gasteiger partial charge in [0, 0.05) is 22.6 Å². The maximum Gasteiger partial charge on any atom is 0.0358 e. The van der Waals surface area contributed by atoms with Gasteiger partial charge < -0.3 is 5.32 Å². The van der Waals surface area contributed by atoms with Crippen molar-refractivity contribution >= 4 is 15.9 Å². The molecule has 1 aromatic carbocycles. The van der Waals surface area contributed by atoms with Gasteiger partial charge in [-0.05, 0) is 68.8 Å². The van der Waals surface area contributed by atoms with Gasteiger partial charge in [0.25, 0.3) is 0 Å². The first-order valence-electron chi connectivity index (χ1n) is 8.11. The maximum absolute atomic E-state index is 3.74. The highest BCUT2D eigenvalue weighted by Gasteiger charge is 2.39. The minimum Gasteiger partial charge on any atom is -0.312 e. The van der Waals surface area contributed by atoms with Gasteiger partial charge in [0.05, 0.1) is 0 Å². The van der Waals surface area contributed by atoms with Crippen molar-refractivity contribution in [2.45, 2.75) is 56.7 Å². The smallest absolute Gasteiger partial charge is 0.0358 e. The van der Waals surface area contributed by atoms with Crippen LogP contribution in [0.5, 0.6) is 0 Å². The molecule has 2 aliphatic heterocycles. The van der Waals surface area contributed by atoms with E-state index in [-0.39, 0.29) is 0 Å². The van der Waals surface area contributed by atoms with Crippen LogP contribution in [-0.2, 0) is 6.42 Å². The lowest BCUT2D eigenvalue weighted by Crippen LogP contribution is -2.45. The van der Waals surface area contributed by atoms with Crippen molar-refractivity contribution in [2.24, 2.45) is 0 Å². The SMILES string of the molecule is Brc1cccc2c1CCC2N1CCCC1C1CCCN1. The number of likely N-dealkylation sites (tertiary alicyclic amines) is 1. The quantitative estimate of drug-likeness (QED) is 0.887. The van der Waals surface area contributed by atoms with Crippen molar-refractivity contribution in [1.29, 1.82) is 0 Å². The first-order chi connectivity index (χ1) is 9.84. The van der Waals surface area contributed by atoms with Crippen LogP contribution in [0.3, 0.4) is 0 Å². The van der Waals surface area contributed by atoms with Crippen LogP contribution in [0.25, 0.3) is 0 Å². The second-order valence-corrected chi connectivity index (χ2v) is 7.37. The third kappa shape index (κ3) is 2.15. The maximum atomic E-state index is 3.74. The third-order valence-electron chi connectivity index (χ3n) is 5.49. The summed E-state index contributed by atoms with van der Waals surface area (Å²) in [5.41, 5.74) is 3.15. The number of nitrogens with one attached hydrogen (secondary N) is 1. The summed E-state index contributed by atoms with van der Waals surface area (Å²) in [5, 5.41) is 3.74. The van der Waals surface area contributed by atoms with E-state index in [2.05, 4.69) is 44.3 Å². The van der Waals surface area contributed by atoms with E-state index in [1.165, 1.54) is 56.1 Å². The summed E-state index contributed by atoms with van der Waals surface area (Å²) in [5.74, 6) is 0. The summed E-state index contributed by atoms with van der Waals surface area (Å²) in [6.07, 6.45) is 8.05. The normalized spacial score (nSPS) is 33.8. The molecule has 0 bridgehead atoms. The van der Waals surface area contributed by atoms with Crippen LogP contribution in [0.1, 0.15) is 49.3 Å². The van der Waals surface area contributed by atoms with Crippen molar-refractivity contribution in [2.75, 3.05) is 13.1 Å². The summed E-state index contributed by atoms with van der Waals surface area (Å²) in [4.78, 5) is 2.82. The fourth-order valence-electron chi connectivity index (χ4n) is 4.61.